The summed E-state index contributed by atoms with van der Waals surface area (Å²) >= 11 is 0. The summed E-state index contributed by atoms with van der Waals surface area (Å²) in [4.78, 5) is 34.5. The van der Waals surface area contributed by atoms with Crippen molar-refractivity contribution in [3.05, 3.63) is 68.7 Å². The number of rotatable bonds is 5. The molecule has 8 heteroatoms. The number of fused-ring (bicyclic) bond motifs is 1. The number of aryl methyl sites for hydroxylation is 1. The molecule has 0 fully saturated rings. The Hall–Kier alpha value is -3.42. The molecule has 0 radical (unpaired) electrons. The van der Waals surface area contributed by atoms with Gasteiger partial charge in [-0.05, 0) is 24.1 Å². The Kier molecular flexibility index (Phi) is 4.34. The molecular weight excluding hydrogens is 326 g/mol. The highest BCUT2D eigenvalue weighted by Crippen LogP contribution is 2.20. The van der Waals surface area contributed by atoms with Crippen LogP contribution in [0.3, 0.4) is 0 Å². The van der Waals surface area contributed by atoms with Crippen molar-refractivity contribution in [3.63, 3.8) is 0 Å². The zero-order valence-electron chi connectivity index (χ0n) is 13.4. The number of para-hydroxylation sites is 1. The van der Waals surface area contributed by atoms with Crippen LogP contribution in [0.1, 0.15) is 12.5 Å². The Morgan fingerprint density at radius 2 is 2.04 bits per heavy atom. The van der Waals surface area contributed by atoms with E-state index >= 15 is 0 Å². The fourth-order valence-electron chi connectivity index (χ4n) is 2.60. The normalized spacial score (nSPS) is 10.8. The second kappa shape index (κ2) is 6.60. The Morgan fingerprint density at radius 1 is 1.28 bits per heavy atom. The summed E-state index contributed by atoms with van der Waals surface area (Å²) in [5, 5.41) is 13.6. The Morgan fingerprint density at radius 3 is 2.76 bits per heavy atom. The predicted molar refractivity (Wildman–Crippen MR) is 91.6 cm³/mol. The van der Waals surface area contributed by atoms with Crippen molar-refractivity contribution in [1.82, 2.24) is 4.57 Å². The molecule has 0 atom stereocenters. The molecule has 0 unspecified atom stereocenters. The first kappa shape index (κ1) is 16.4. The minimum absolute atomic E-state index is 0.0703. The van der Waals surface area contributed by atoms with Gasteiger partial charge in [-0.15, -0.1) is 0 Å². The van der Waals surface area contributed by atoms with E-state index in [0.717, 1.165) is 22.6 Å². The molecule has 1 aromatic heterocycles. The van der Waals surface area contributed by atoms with E-state index in [2.05, 4.69) is 5.32 Å². The summed E-state index contributed by atoms with van der Waals surface area (Å²) in [7, 11) is 0. The van der Waals surface area contributed by atoms with Crippen molar-refractivity contribution >= 4 is 28.4 Å². The van der Waals surface area contributed by atoms with Gasteiger partial charge in [0.1, 0.15) is 6.54 Å². The molecule has 0 saturated heterocycles. The summed E-state index contributed by atoms with van der Waals surface area (Å²) < 4.78 is 6.15. The molecule has 0 spiro atoms. The molecule has 0 aliphatic rings. The van der Waals surface area contributed by atoms with Gasteiger partial charge in [-0.2, -0.15) is 0 Å². The lowest BCUT2D eigenvalue weighted by molar-refractivity contribution is -0.384. The fraction of sp³-hybridized carbons (Fsp3) is 0.176. The molecular formula is C17H15N3O5. The van der Waals surface area contributed by atoms with Crippen LogP contribution in [0.4, 0.5) is 11.4 Å². The number of amides is 1. The average Bonchev–Trinajstić information content (AvgIpc) is 2.90. The standard InChI is InChI=1S/C17H15N3O5/c1-2-11-5-3-4-6-13(11)18-16(21)10-19-14-8-7-12(20(23)24)9-15(14)25-17(19)22/h3-9H,2,10H2,1H3,(H,18,21). The number of nitro benzene ring substituents is 1. The summed E-state index contributed by atoms with van der Waals surface area (Å²) in [6.45, 7) is 1.73. The van der Waals surface area contributed by atoms with E-state index in [1.165, 1.54) is 12.1 Å². The highest BCUT2D eigenvalue weighted by molar-refractivity contribution is 5.92. The van der Waals surface area contributed by atoms with Gasteiger partial charge < -0.3 is 9.73 Å². The minimum atomic E-state index is -0.741. The highest BCUT2D eigenvalue weighted by atomic mass is 16.6. The Labute approximate surface area is 141 Å². The van der Waals surface area contributed by atoms with Crippen LogP contribution in [0.25, 0.3) is 11.1 Å². The number of carbonyl (C=O) groups excluding carboxylic acids is 1. The van der Waals surface area contributed by atoms with Gasteiger partial charge in [0, 0.05) is 11.8 Å². The van der Waals surface area contributed by atoms with Crippen LogP contribution in [-0.4, -0.2) is 15.4 Å². The number of oxazole rings is 1. The molecule has 0 aliphatic heterocycles. The maximum absolute atomic E-state index is 12.3. The van der Waals surface area contributed by atoms with Crippen LogP contribution in [-0.2, 0) is 17.8 Å². The van der Waals surface area contributed by atoms with Gasteiger partial charge in [-0.3, -0.25) is 19.5 Å². The van der Waals surface area contributed by atoms with Crippen molar-refractivity contribution in [1.29, 1.82) is 0 Å². The SMILES string of the molecule is CCc1ccccc1NC(=O)Cn1c(=O)oc2cc([N+](=O)[O-])ccc21. The average molecular weight is 341 g/mol. The molecule has 0 saturated carbocycles. The third kappa shape index (κ3) is 3.27. The number of nitrogens with one attached hydrogen (secondary N) is 1. The third-order valence-corrected chi connectivity index (χ3v) is 3.84. The molecule has 25 heavy (non-hydrogen) atoms. The summed E-state index contributed by atoms with van der Waals surface area (Å²) in [5.41, 5.74) is 1.88. The number of benzene rings is 2. The smallest absolute Gasteiger partial charge is 0.407 e. The van der Waals surface area contributed by atoms with E-state index in [-0.39, 0.29) is 23.7 Å². The molecule has 128 valence electrons. The van der Waals surface area contributed by atoms with Crippen LogP contribution < -0.4 is 11.1 Å². The molecule has 3 aromatic rings. The van der Waals surface area contributed by atoms with Crippen molar-refractivity contribution in [3.8, 4) is 0 Å². The lowest BCUT2D eigenvalue weighted by atomic mass is 10.1. The van der Waals surface area contributed by atoms with Gasteiger partial charge in [0.15, 0.2) is 5.58 Å². The highest BCUT2D eigenvalue weighted by Gasteiger charge is 2.16. The number of hydrogen-bond acceptors (Lipinski definition) is 5. The van der Waals surface area contributed by atoms with Crippen molar-refractivity contribution in [2.24, 2.45) is 0 Å². The van der Waals surface area contributed by atoms with Gasteiger partial charge in [0.2, 0.25) is 5.91 Å². The van der Waals surface area contributed by atoms with E-state index in [9.17, 15) is 19.7 Å². The fourth-order valence-corrected chi connectivity index (χ4v) is 2.60. The van der Waals surface area contributed by atoms with Gasteiger partial charge in [0.25, 0.3) is 5.69 Å². The zero-order valence-corrected chi connectivity index (χ0v) is 13.4. The lowest BCUT2D eigenvalue weighted by Gasteiger charge is -2.09. The largest absolute Gasteiger partial charge is 0.420 e. The van der Waals surface area contributed by atoms with Crippen molar-refractivity contribution < 1.29 is 14.1 Å². The molecule has 1 heterocycles. The number of non-ortho nitro benzene ring substituents is 1. The molecule has 3 rings (SSSR count). The number of nitro groups is 1. The molecule has 1 amide bonds. The van der Waals surface area contributed by atoms with Crippen LogP contribution in [0.5, 0.6) is 0 Å². The summed E-state index contributed by atoms with van der Waals surface area (Å²) in [6.07, 6.45) is 0.759. The van der Waals surface area contributed by atoms with E-state index in [4.69, 9.17) is 4.42 Å². The number of nitrogens with zero attached hydrogens (tertiary/aromatic N) is 2. The molecule has 2 aromatic carbocycles. The molecule has 0 aliphatic carbocycles. The van der Waals surface area contributed by atoms with Crippen molar-refractivity contribution in [2.75, 3.05) is 5.32 Å². The molecule has 1 N–H and O–H groups in total. The summed E-state index contributed by atoms with van der Waals surface area (Å²) in [6, 6.07) is 11.2. The van der Waals surface area contributed by atoms with E-state index in [1.54, 1.807) is 6.07 Å². The molecule has 0 bridgehead atoms. The van der Waals surface area contributed by atoms with Crippen molar-refractivity contribution in [2.45, 2.75) is 19.9 Å². The third-order valence-electron chi connectivity index (χ3n) is 3.84. The maximum atomic E-state index is 12.3. The number of anilines is 1. The first-order valence-corrected chi connectivity index (χ1v) is 7.65. The van der Waals surface area contributed by atoms with Crippen LogP contribution in [0, 0.1) is 10.1 Å². The van der Waals surface area contributed by atoms with Gasteiger partial charge in [0.05, 0.1) is 16.5 Å². The van der Waals surface area contributed by atoms with Crippen LogP contribution in [0.15, 0.2) is 51.7 Å². The number of aromatic nitrogens is 1. The topological polar surface area (TPSA) is 107 Å². The number of hydrogen-bond donors (Lipinski definition) is 1. The van der Waals surface area contributed by atoms with Crippen LogP contribution in [0.2, 0.25) is 0 Å². The lowest BCUT2D eigenvalue weighted by Crippen LogP contribution is -2.25. The Balaban J connectivity index is 1.87. The zero-order chi connectivity index (χ0) is 18.0. The first-order chi connectivity index (χ1) is 12.0. The van der Waals surface area contributed by atoms with Crippen LogP contribution >= 0.6 is 0 Å². The summed E-state index contributed by atoms with van der Waals surface area (Å²) in [5.74, 6) is -1.13. The maximum Gasteiger partial charge on any atom is 0.420 e. The van der Waals surface area contributed by atoms with E-state index in [1.807, 2.05) is 25.1 Å². The molecule has 8 nitrogen and oxygen atoms in total. The predicted octanol–water partition coefficient (Wildman–Crippen LogP) is 2.70. The quantitative estimate of drug-likeness (QED) is 0.567. The van der Waals surface area contributed by atoms with E-state index in [0.29, 0.717) is 11.2 Å². The minimum Gasteiger partial charge on any atom is -0.407 e. The number of carbonyl (C=O) groups is 1. The monoisotopic (exact) mass is 341 g/mol. The van der Waals surface area contributed by atoms with Gasteiger partial charge >= 0.3 is 5.76 Å². The Bertz CT molecular complexity index is 1020. The van der Waals surface area contributed by atoms with Gasteiger partial charge in [-0.1, -0.05) is 25.1 Å². The first-order valence-electron chi connectivity index (χ1n) is 7.65. The second-order valence-corrected chi connectivity index (χ2v) is 5.42. The second-order valence-electron chi connectivity index (χ2n) is 5.42. The van der Waals surface area contributed by atoms with E-state index < -0.39 is 10.7 Å². The van der Waals surface area contributed by atoms with Gasteiger partial charge in [-0.25, -0.2) is 4.79 Å².